The summed E-state index contributed by atoms with van der Waals surface area (Å²) in [6.45, 7) is 1.63. The van der Waals surface area contributed by atoms with Gasteiger partial charge >= 0.3 is 0 Å². The Bertz CT molecular complexity index is 238. The van der Waals surface area contributed by atoms with Crippen molar-refractivity contribution >= 4 is 10.0 Å². The Balaban J connectivity index is 2.51. The Hall–Kier alpha value is -0.130. The van der Waals surface area contributed by atoms with E-state index in [0.717, 1.165) is 19.3 Å². The average Bonchev–Trinajstić information content (AvgIpc) is 2.36. The number of sulfonamides is 1. The van der Waals surface area contributed by atoms with Crippen LogP contribution in [0.1, 0.15) is 26.2 Å². The Morgan fingerprint density at radius 1 is 1.50 bits per heavy atom. The summed E-state index contributed by atoms with van der Waals surface area (Å²) in [5.74, 6) is 0.135. The lowest BCUT2D eigenvalue weighted by molar-refractivity contribution is 0.523. The maximum atomic E-state index is 11.1. The van der Waals surface area contributed by atoms with Crippen molar-refractivity contribution in [3.63, 3.8) is 0 Å². The fraction of sp³-hybridized carbons (Fsp3) is 1.00. The molecular formula is C7H16N2O2S. The van der Waals surface area contributed by atoms with Crippen LogP contribution in [0.25, 0.3) is 0 Å². The largest absolute Gasteiger partial charge is 0.326 e. The molecule has 0 bridgehead atoms. The van der Waals surface area contributed by atoms with Gasteiger partial charge in [-0.2, -0.15) is 0 Å². The van der Waals surface area contributed by atoms with E-state index in [0.29, 0.717) is 0 Å². The first kappa shape index (κ1) is 9.95. The lowest BCUT2D eigenvalue weighted by atomic mass is 10.2. The zero-order valence-electron chi connectivity index (χ0n) is 7.29. The molecule has 72 valence electrons. The lowest BCUT2D eigenvalue weighted by Crippen LogP contribution is -2.44. The number of nitrogens with two attached hydrogens (primary N) is 1. The molecule has 0 aromatic rings. The van der Waals surface area contributed by atoms with E-state index < -0.39 is 10.0 Å². The maximum Gasteiger partial charge on any atom is 0.211 e. The number of nitrogens with one attached hydrogen (secondary N) is 1. The molecule has 0 radical (unpaired) electrons. The van der Waals surface area contributed by atoms with Crippen LogP contribution in [-0.2, 0) is 10.0 Å². The summed E-state index contributed by atoms with van der Waals surface area (Å²) < 4.78 is 24.9. The normalized spacial score (nSPS) is 30.8. The third-order valence-corrected chi connectivity index (χ3v) is 3.70. The monoisotopic (exact) mass is 192 g/mol. The highest BCUT2D eigenvalue weighted by Gasteiger charge is 2.26. The van der Waals surface area contributed by atoms with Gasteiger partial charge in [0.2, 0.25) is 10.0 Å². The minimum Gasteiger partial charge on any atom is -0.326 e. The first-order valence-electron chi connectivity index (χ1n) is 4.31. The molecule has 0 aromatic carbocycles. The molecule has 0 aliphatic heterocycles. The standard InChI is InChI=1S/C7H16N2O2S/c1-2-12(10,11)9-7-5-3-4-6(7)8/h6-7,9H,2-5,8H2,1H3. The molecule has 1 fully saturated rings. The Kier molecular flexibility index (Phi) is 3.09. The van der Waals surface area contributed by atoms with Gasteiger partial charge in [0.15, 0.2) is 0 Å². The third-order valence-electron chi connectivity index (χ3n) is 2.28. The summed E-state index contributed by atoms with van der Waals surface area (Å²) in [4.78, 5) is 0. The van der Waals surface area contributed by atoms with Gasteiger partial charge in [-0.15, -0.1) is 0 Å². The SMILES string of the molecule is CCS(=O)(=O)NC1CCCC1N. The highest BCUT2D eigenvalue weighted by molar-refractivity contribution is 7.89. The minimum absolute atomic E-state index is 0.00586. The van der Waals surface area contributed by atoms with E-state index in [9.17, 15) is 8.42 Å². The van der Waals surface area contributed by atoms with Gasteiger partial charge in [-0.05, 0) is 19.8 Å². The molecule has 0 spiro atoms. The molecule has 0 saturated heterocycles. The van der Waals surface area contributed by atoms with Crippen molar-refractivity contribution in [2.45, 2.75) is 38.3 Å². The first-order valence-corrected chi connectivity index (χ1v) is 5.96. The van der Waals surface area contributed by atoms with Crippen LogP contribution < -0.4 is 10.5 Å². The van der Waals surface area contributed by atoms with E-state index in [4.69, 9.17) is 5.73 Å². The molecule has 2 unspecified atom stereocenters. The van der Waals surface area contributed by atoms with Crippen molar-refractivity contribution < 1.29 is 8.42 Å². The van der Waals surface area contributed by atoms with Crippen LogP contribution in [0.15, 0.2) is 0 Å². The van der Waals surface area contributed by atoms with Crippen LogP contribution in [0.4, 0.5) is 0 Å². The summed E-state index contributed by atoms with van der Waals surface area (Å²) in [5.41, 5.74) is 5.71. The van der Waals surface area contributed by atoms with Crippen molar-refractivity contribution in [2.24, 2.45) is 5.73 Å². The zero-order chi connectivity index (χ0) is 9.19. The Morgan fingerprint density at radius 3 is 2.58 bits per heavy atom. The van der Waals surface area contributed by atoms with Crippen molar-refractivity contribution in [2.75, 3.05) is 5.75 Å². The molecule has 2 atom stereocenters. The second-order valence-corrected chi connectivity index (χ2v) is 5.27. The van der Waals surface area contributed by atoms with Crippen molar-refractivity contribution in [3.05, 3.63) is 0 Å². The van der Waals surface area contributed by atoms with E-state index in [2.05, 4.69) is 4.72 Å². The van der Waals surface area contributed by atoms with Crippen LogP contribution in [-0.4, -0.2) is 26.3 Å². The smallest absolute Gasteiger partial charge is 0.211 e. The third kappa shape index (κ3) is 2.43. The molecule has 5 heteroatoms. The highest BCUT2D eigenvalue weighted by atomic mass is 32.2. The number of hydrogen-bond donors (Lipinski definition) is 2. The van der Waals surface area contributed by atoms with E-state index in [1.165, 1.54) is 0 Å². The van der Waals surface area contributed by atoms with E-state index in [-0.39, 0.29) is 17.8 Å². The maximum absolute atomic E-state index is 11.1. The second-order valence-electron chi connectivity index (χ2n) is 3.22. The second kappa shape index (κ2) is 3.72. The van der Waals surface area contributed by atoms with Crippen LogP contribution in [0.2, 0.25) is 0 Å². The van der Waals surface area contributed by atoms with Crippen molar-refractivity contribution in [1.29, 1.82) is 0 Å². The zero-order valence-corrected chi connectivity index (χ0v) is 8.10. The molecule has 0 heterocycles. The minimum atomic E-state index is -3.07. The summed E-state index contributed by atoms with van der Waals surface area (Å²) in [7, 11) is -3.07. The summed E-state index contributed by atoms with van der Waals surface area (Å²) in [5, 5.41) is 0. The van der Waals surface area contributed by atoms with Crippen LogP contribution in [0, 0.1) is 0 Å². The molecule has 1 aliphatic carbocycles. The summed E-state index contributed by atoms with van der Waals surface area (Å²) >= 11 is 0. The van der Waals surface area contributed by atoms with Gasteiger partial charge in [0.25, 0.3) is 0 Å². The van der Waals surface area contributed by atoms with Crippen LogP contribution in [0.5, 0.6) is 0 Å². The number of hydrogen-bond acceptors (Lipinski definition) is 3. The van der Waals surface area contributed by atoms with Gasteiger partial charge in [0, 0.05) is 12.1 Å². The molecule has 1 saturated carbocycles. The number of rotatable bonds is 3. The Morgan fingerprint density at radius 2 is 2.17 bits per heavy atom. The van der Waals surface area contributed by atoms with E-state index in [1.54, 1.807) is 6.92 Å². The molecule has 1 aliphatic rings. The van der Waals surface area contributed by atoms with Crippen molar-refractivity contribution in [1.82, 2.24) is 4.72 Å². The van der Waals surface area contributed by atoms with Gasteiger partial charge in [0.1, 0.15) is 0 Å². The van der Waals surface area contributed by atoms with Gasteiger partial charge in [-0.3, -0.25) is 0 Å². The highest BCUT2D eigenvalue weighted by Crippen LogP contribution is 2.17. The molecule has 12 heavy (non-hydrogen) atoms. The first-order chi connectivity index (χ1) is 5.55. The lowest BCUT2D eigenvalue weighted by Gasteiger charge is -2.16. The summed E-state index contributed by atoms with van der Waals surface area (Å²) in [6, 6.07) is -0.0266. The van der Waals surface area contributed by atoms with Gasteiger partial charge in [0.05, 0.1) is 5.75 Å². The molecule has 3 N–H and O–H groups in total. The van der Waals surface area contributed by atoms with Crippen LogP contribution >= 0.6 is 0 Å². The van der Waals surface area contributed by atoms with E-state index in [1.807, 2.05) is 0 Å². The predicted molar refractivity (Wildman–Crippen MR) is 48.2 cm³/mol. The van der Waals surface area contributed by atoms with Crippen molar-refractivity contribution in [3.8, 4) is 0 Å². The molecule has 0 amide bonds. The fourth-order valence-electron chi connectivity index (χ4n) is 1.45. The Labute approximate surface area is 73.6 Å². The average molecular weight is 192 g/mol. The fourth-order valence-corrected chi connectivity index (χ4v) is 2.37. The molecule has 4 nitrogen and oxygen atoms in total. The topological polar surface area (TPSA) is 72.2 Å². The molecule has 0 aromatic heterocycles. The van der Waals surface area contributed by atoms with Gasteiger partial charge in [-0.1, -0.05) is 6.42 Å². The molecular weight excluding hydrogens is 176 g/mol. The van der Waals surface area contributed by atoms with Gasteiger partial charge < -0.3 is 5.73 Å². The summed E-state index contributed by atoms with van der Waals surface area (Å²) in [6.07, 6.45) is 2.83. The van der Waals surface area contributed by atoms with Crippen LogP contribution in [0.3, 0.4) is 0 Å². The quantitative estimate of drug-likeness (QED) is 0.650. The molecule has 1 rings (SSSR count). The van der Waals surface area contributed by atoms with Gasteiger partial charge in [-0.25, -0.2) is 13.1 Å². The van der Waals surface area contributed by atoms with E-state index >= 15 is 0 Å². The predicted octanol–water partition coefficient (Wildman–Crippen LogP) is -0.195.